The van der Waals surface area contributed by atoms with E-state index in [1.165, 1.54) is 4.57 Å². The molecule has 0 atom stereocenters. The topological polar surface area (TPSA) is 117 Å². The summed E-state index contributed by atoms with van der Waals surface area (Å²) in [4.78, 5) is 28.0. The van der Waals surface area contributed by atoms with E-state index in [1.54, 1.807) is 24.9 Å². The number of hydrogen-bond donors (Lipinski definition) is 1. The van der Waals surface area contributed by atoms with Gasteiger partial charge in [0.15, 0.2) is 0 Å². The zero-order valence-electron chi connectivity index (χ0n) is 30.5. The summed E-state index contributed by atoms with van der Waals surface area (Å²) in [5.41, 5.74) is 3.24. The Hall–Kier alpha value is -5.89. The molecule has 1 aliphatic carbocycles. The summed E-state index contributed by atoms with van der Waals surface area (Å²) < 4.78 is 24.1. The molecule has 0 unspecified atom stereocenters. The number of aromatic nitrogens is 4. The lowest BCUT2D eigenvalue weighted by Gasteiger charge is -2.32. The number of alkyl carbamates (subject to hydrolysis) is 1. The van der Waals surface area contributed by atoms with Crippen LogP contribution in [0.15, 0.2) is 83.9 Å². The molecule has 3 heterocycles. The highest BCUT2D eigenvalue weighted by Gasteiger charge is 2.38. The number of imidazole rings is 1. The van der Waals surface area contributed by atoms with Crippen LogP contribution in [-0.2, 0) is 24.9 Å². The first-order chi connectivity index (χ1) is 25.0. The number of methoxy groups -OCH3 is 2. The molecule has 11 heteroatoms. The molecule has 1 saturated carbocycles. The fourth-order valence-corrected chi connectivity index (χ4v) is 7.72. The summed E-state index contributed by atoms with van der Waals surface area (Å²) in [6.45, 7) is 6.17. The number of aryl methyl sites for hydroxylation is 1. The van der Waals surface area contributed by atoms with Crippen molar-refractivity contribution < 1.29 is 19.0 Å². The standard InChI is InChI=1S/C41H44N6O5/c1-40(2,3)52-38(48)43-41(19-11-12-20-41)26-45-24-31(29-13-7-10-16-33(29)45)37-34(22-42)46(23-27-17-18-28(50-5)21-36(27)51-6)39(49)47(37)35-25-44(4)32-15-9-8-14-30(32)35/h7-10,13-18,21,24-25H,11-12,19-20,23,26H2,1-6H3,(H,43,48). The smallest absolute Gasteiger partial charge is 0.408 e. The molecule has 0 saturated heterocycles. The maximum Gasteiger partial charge on any atom is 0.408 e. The number of benzene rings is 3. The largest absolute Gasteiger partial charge is 0.497 e. The maximum absolute atomic E-state index is 14.9. The summed E-state index contributed by atoms with van der Waals surface area (Å²) in [6, 6.07) is 23.8. The molecule has 3 aromatic carbocycles. The van der Waals surface area contributed by atoms with Crippen LogP contribution >= 0.6 is 0 Å². The highest BCUT2D eigenvalue weighted by atomic mass is 16.6. The SMILES string of the molecule is COc1ccc(Cn2c(C#N)c(-c3cn(CC4(NC(=O)OC(C)(C)C)CCCC4)c4ccccc34)n(-c3cn(C)c4ccccc34)c2=O)c(OC)c1. The van der Waals surface area contributed by atoms with Crippen molar-refractivity contribution in [2.24, 2.45) is 7.05 Å². The number of ether oxygens (including phenoxy) is 3. The van der Waals surface area contributed by atoms with Crippen molar-refractivity contribution in [3.05, 3.63) is 101 Å². The first kappa shape index (κ1) is 34.6. The molecule has 268 valence electrons. The van der Waals surface area contributed by atoms with Crippen LogP contribution in [0.5, 0.6) is 11.5 Å². The molecule has 3 aromatic heterocycles. The second kappa shape index (κ2) is 13.3. The van der Waals surface area contributed by atoms with E-state index >= 15 is 0 Å². The number of hydrogen-bond acceptors (Lipinski definition) is 6. The molecule has 6 aromatic rings. The zero-order chi connectivity index (χ0) is 36.8. The lowest BCUT2D eigenvalue weighted by atomic mass is 9.97. The lowest BCUT2D eigenvalue weighted by Crippen LogP contribution is -2.50. The number of carbonyl (C=O) groups excluding carboxylic acids is 1. The van der Waals surface area contributed by atoms with Crippen molar-refractivity contribution in [1.29, 1.82) is 5.26 Å². The van der Waals surface area contributed by atoms with Crippen molar-refractivity contribution in [2.45, 2.75) is 70.7 Å². The van der Waals surface area contributed by atoms with Crippen LogP contribution in [0.25, 0.3) is 38.8 Å². The molecule has 1 N–H and O–H groups in total. The molecule has 0 aliphatic heterocycles. The third-order valence-electron chi connectivity index (χ3n) is 10.0. The number of para-hydroxylation sites is 2. The minimum absolute atomic E-state index is 0.0984. The van der Waals surface area contributed by atoms with Gasteiger partial charge < -0.3 is 28.7 Å². The van der Waals surface area contributed by atoms with E-state index in [9.17, 15) is 14.9 Å². The van der Waals surface area contributed by atoms with Crippen molar-refractivity contribution >= 4 is 27.9 Å². The van der Waals surface area contributed by atoms with Crippen molar-refractivity contribution in [2.75, 3.05) is 14.2 Å². The predicted octanol–water partition coefficient (Wildman–Crippen LogP) is 7.53. The number of rotatable bonds is 9. The molecule has 0 bridgehead atoms. The van der Waals surface area contributed by atoms with E-state index in [2.05, 4.69) is 16.0 Å². The van der Waals surface area contributed by atoms with Crippen LogP contribution in [-0.4, -0.2) is 49.7 Å². The number of fused-ring (bicyclic) bond motifs is 2. The number of amides is 1. The third-order valence-corrected chi connectivity index (χ3v) is 10.0. The molecule has 1 fully saturated rings. The van der Waals surface area contributed by atoms with Gasteiger partial charge in [-0.15, -0.1) is 0 Å². The Morgan fingerprint density at radius 1 is 0.942 bits per heavy atom. The van der Waals surface area contributed by atoms with E-state index < -0.39 is 17.2 Å². The summed E-state index contributed by atoms with van der Waals surface area (Å²) >= 11 is 0. The molecule has 1 amide bonds. The van der Waals surface area contributed by atoms with Crippen molar-refractivity contribution in [1.82, 2.24) is 23.6 Å². The molecule has 7 rings (SSSR count). The van der Waals surface area contributed by atoms with Gasteiger partial charge in [0.25, 0.3) is 0 Å². The average Bonchev–Trinajstić information content (AvgIpc) is 3.87. The molecule has 0 radical (unpaired) electrons. The second-order valence-corrected chi connectivity index (χ2v) is 14.6. The molecule has 52 heavy (non-hydrogen) atoms. The van der Waals surface area contributed by atoms with Crippen LogP contribution in [0.4, 0.5) is 4.79 Å². The first-order valence-corrected chi connectivity index (χ1v) is 17.6. The Balaban J connectivity index is 1.45. The summed E-state index contributed by atoms with van der Waals surface area (Å²) in [5, 5.41) is 15.9. The van der Waals surface area contributed by atoms with Crippen molar-refractivity contribution in [3.63, 3.8) is 0 Å². The second-order valence-electron chi connectivity index (χ2n) is 14.6. The lowest BCUT2D eigenvalue weighted by molar-refractivity contribution is 0.0445. The fourth-order valence-electron chi connectivity index (χ4n) is 7.72. The Bertz CT molecular complexity index is 2410. The molecule has 1 aliphatic rings. The normalized spacial score (nSPS) is 14.1. The quantitative estimate of drug-likeness (QED) is 0.167. The van der Waals surface area contributed by atoms with Gasteiger partial charge in [0.2, 0.25) is 0 Å². The summed E-state index contributed by atoms with van der Waals surface area (Å²) in [7, 11) is 5.11. The van der Waals surface area contributed by atoms with E-state index in [4.69, 9.17) is 14.2 Å². The first-order valence-electron chi connectivity index (χ1n) is 17.6. The van der Waals surface area contributed by atoms with Crippen LogP contribution in [0.2, 0.25) is 0 Å². The Morgan fingerprint density at radius 3 is 2.31 bits per heavy atom. The molecular formula is C41H44N6O5. The Labute approximate surface area is 302 Å². The average molecular weight is 701 g/mol. The van der Waals surface area contributed by atoms with Crippen LogP contribution in [0.3, 0.4) is 0 Å². The third kappa shape index (κ3) is 6.19. The van der Waals surface area contributed by atoms with Gasteiger partial charge in [-0.25, -0.2) is 9.59 Å². The van der Waals surface area contributed by atoms with E-state index in [1.807, 2.05) is 105 Å². The van der Waals surface area contributed by atoms with Gasteiger partial charge in [0.05, 0.1) is 37.7 Å². The Kier molecular flexibility index (Phi) is 8.87. The van der Waals surface area contributed by atoms with E-state index in [0.29, 0.717) is 29.4 Å². The molecule has 11 nitrogen and oxygen atoms in total. The van der Waals surface area contributed by atoms with Crippen molar-refractivity contribution in [3.8, 4) is 34.5 Å². The van der Waals surface area contributed by atoms with Gasteiger partial charge in [-0.2, -0.15) is 5.26 Å². The highest BCUT2D eigenvalue weighted by molar-refractivity contribution is 5.98. The van der Waals surface area contributed by atoms with Crippen LogP contribution in [0.1, 0.15) is 57.7 Å². The monoisotopic (exact) mass is 700 g/mol. The number of nitriles is 1. The molecule has 0 spiro atoms. The zero-order valence-corrected chi connectivity index (χ0v) is 30.5. The Morgan fingerprint density at radius 2 is 1.63 bits per heavy atom. The van der Waals surface area contributed by atoms with Gasteiger partial charge in [0.1, 0.15) is 28.9 Å². The summed E-state index contributed by atoms with van der Waals surface area (Å²) in [6.07, 6.45) is 7.10. The van der Waals surface area contributed by atoms with Gasteiger partial charge in [-0.3, -0.25) is 9.13 Å². The maximum atomic E-state index is 14.9. The van der Waals surface area contributed by atoms with Crippen LogP contribution in [0, 0.1) is 11.3 Å². The van der Waals surface area contributed by atoms with E-state index in [0.717, 1.165) is 58.6 Å². The van der Waals surface area contributed by atoms with Gasteiger partial charge >= 0.3 is 11.8 Å². The fraction of sp³-hybridized carbons (Fsp3) is 0.341. The number of nitrogens with one attached hydrogen (secondary N) is 1. The number of nitrogens with zero attached hydrogens (tertiary/aromatic N) is 5. The van der Waals surface area contributed by atoms with Gasteiger partial charge in [-0.05, 0) is 57.9 Å². The minimum Gasteiger partial charge on any atom is -0.497 e. The van der Waals surface area contributed by atoms with Gasteiger partial charge in [-0.1, -0.05) is 49.2 Å². The highest BCUT2D eigenvalue weighted by Crippen LogP contribution is 2.39. The minimum atomic E-state index is -0.626. The van der Waals surface area contributed by atoms with Crippen LogP contribution < -0.4 is 20.5 Å². The molecular weight excluding hydrogens is 656 g/mol. The van der Waals surface area contributed by atoms with Gasteiger partial charge in [0, 0.05) is 65.0 Å². The van der Waals surface area contributed by atoms with E-state index in [-0.39, 0.29) is 17.9 Å². The number of carbonyl (C=O) groups is 1. The summed E-state index contributed by atoms with van der Waals surface area (Å²) in [5.74, 6) is 1.17. The predicted molar refractivity (Wildman–Crippen MR) is 201 cm³/mol.